The van der Waals surface area contributed by atoms with Crippen LogP contribution < -0.4 is 5.73 Å². The largest absolute Gasteiger partial charge is 0.409 e. The molecule has 1 saturated heterocycles. The molecule has 0 saturated carbocycles. The average Bonchev–Trinajstić information content (AvgIpc) is 2.49. The fourth-order valence-electron chi connectivity index (χ4n) is 3.04. The van der Waals surface area contributed by atoms with Crippen LogP contribution in [0.15, 0.2) is 23.4 Å². The van der Waals surface area contributed by atoms with Gasteiger partial charge in [0.25, 0.3) is 0 Å². The van der Waals surface area contributed by atoms with Crippen molar-refractivity contribution in [1.82, 2.24) is 4.90 Å². The summed E-state index contributed by atoms with van der Waals surface area (Å²) in [7, 11) is 0. The average molecular weight is 275 g/mol. The van der Waals surface area contributed by atoms with E-state index in [-0.39, 0.29) is 5.84 Å². The van der Waals surface area contributed by atoms with Crippen LogP contribution in [0.25, 0.3) is 0 Å². The highest BCUT2D eigenvalue weighted by atomic mass is 16.4. The number of benzene rings is 1. The third-order valence-electron chi connectivity index (χ3n) is 4.34. The summed E-state index contributed by atoms with van der Waals surface area (Å²) in [5.74, 6) is 0.170. The Morgan fingerprint density at radius 1 is 1.45 bits per heavy atom. The zero-order valence-corrected chi connectivity index (χ0v) is 12.5. The summed E-state index contributed by atoms with van der Waals surface area (Å²) < 4.78 is 0. The molecular formula is C16H25N3O. The Bertz CT molecular complexity index is 485. The number of likely N-dealkylation sites (tertiary alicyclic amines) is 1. The maximum Gasteiger partial charge on any atom is 0.170 e. The summed E-state index contributed by atoms with van der Waals surface area (Å²) in [6, 6.07) is 6.74. The predicted octanol–water partition coefficient (Wildman–Crippen LogP) is 2.85. The van der Waals surface area contributed by atoms with Gasteiger partial charge in [0.2, 0.25) is 0 Å². The highest BCUT2D eigenvalue weighted by Gasteiger charge is 2.21. The van der Waals surface area contributed by atoms with Gasteiger partial charge in [-0.25, -0.2) is 0 Å². The highest BCUT2D eigenvalue weighted by molar-refractivity contribution is 5.97. The third kappa shape index (κ3) is 3.31. The lowest BCUT2D eigenvalue weighted by atomic mass is 9.97. The van der Waals surface area contributed by atoms with Crippen LogP contribution in [0.3, 0.4) is 0 Å². The molecule has 20 heavy (non-hydrogen) atoms. The fourth-order valence-corrected chi connectivity index (χ4v) is 3.04. The van der Waals surface area contributed by atoms with E-state index in [0.29, 0.717) is 6.04 Å². The van der Waals surface area contributed by atoms with Crippen LogP contribution >= 0.6 is 0 Å². The molecule has 0 radical (unpaired) electrons. The van der Waals surface area contributed by atoms with Gasteiger partial charge in [0, 0.05) is 18.2 Å². The Morgan fingerprint density at radius 2 is 2.25 bits per heavy atom. The Hall–Kier alpha value is -1.55. The Kier molecular flexibility index (Phi) is 5.01. The van der Waals surface area contributed by atoms with Gasteiger partial charge >= 0.3 is 0 Å². The van der Waals surface area contributed by atoms with E-state index < -0.39 is 0 Å². The minimum absolute atomic E-state index is 0.170. The normalized spacial score (nSPS) is 21.1. The summed E-state index contributed by atoms with van der Waals surface area (Å²) >= 11 is 0. The van der Waals surface area contributed by atoms with Gasteiger partial charge < -0.3 is 10.9 Å². The van der Waals surface area contributed by atoms with Gasteiger partial charge in [0.1, 0.15) is 0 Å². The molecule has 110 valence electrons. The van der Waals surface area contributed by atoms with Gasteiger partial charge in [-0.15, -0.1) is 0 Å². The second-order valence-corrected chi connectivity index (χ2v) is 5.65. The van der Waals surface area contributed by atoms with Gasteiger partial charge in [0.15, 0.2) is 5.84 Å². The zero-order valence-electron chi connectivity index (χ0n) is 12.5. The molecule has 1 heterocycles. The number of piperidine rings is 1. The van der Waals surface area contributed by atoms with Crippen molar-refractivity contribution in [2.24, 2.45) is 10.9 Å². The van der Waals surface area contributed by atoms with Crippen LogP contribution in [0.2, 0.25) is 0 Å². The lowest BCUT2D eigenvalue weighted by Gasteiger charge is -2.35. The molecule has 1 aromatic carbocycles. The lowest BCUT2D eigenvalue weighted by Crippen LogP contribution is -2.38. The second-order valence-electron chi connectivity index (χ2n) is 5.65. The van der Waals surface area contributed by atoms with Crippen LogP contribution in [-0.2, 0) is 6.54 Å². The van der Waals surface area contributed by atoms with E-state index in [2.05, 4.69) is 30.0 Å². The number of aryl methyl sites for hydroxylation is 1. The first-order chi connectivity index (χ1) is 9.65. The molecule has 1 aliphatic heterocycles. The van der Waals surface area contributed by atoms with E-state index in [4.69, 9.17) is 10.9 Å². The fraction of sp³-hybridized carbons (Fsp3) is 0.562. The third-order valence-corrected chi connectivity index (χ3v) is 4.34. The standard InChI is InChI=1S/C16H25N3O/c1-3-15-6-4-5-9-19(15)11-14-8-7-13(10-12(14)2)16(17)18-20/h7-8,10,15,20H,3-6,9,11H2,1-2H3,(H2,17,18). The van der Waals surface area contributed by atoms with Crippen molar-refractivity contribution in [3.8, 4) is 0 Å². The monoisotopic (exact) mass is 275 g/mol. The zero-order chi connectivity index (χ0) is 14.5. The van der Waals surface area contributed by atoms with E-state index in [1.54, 1.807) is 0 Å². The van der Waals surface area contributed by atoms with E-state index >= 15 is 0 Å². The number of hydrogen-bond donors (Lipinski definition) is 2. The first-order valence-corrected chi connectivity index (χ1v) is 7.47. The van der Waals surface area contributed by atoms with Crippen molar-refractivity contribution in [2.75, 3.05) is 6.54 Å². The molecule has 1 aliphatic rings. The maximum absolute atomic E-state index is 8.73. The Labute approximate surface area is 121 Å². The number of amidine groups is 1. The molecule has 0 amide bonds. The van der Waals surface area contributed by atoms with Gasteiger partial charge in [-0.3, -0.25) is 4.90 Å². The molecular weight excluding hydrogens is 250 g/mol. The lowest BCUT2D eigenvalue weighted by molar-refractivity contribution is 0.136. The van der Waals surface area contributed by atoms with E-state index in [0.717, 1.165) is 12.1 Å². The van der Waals surface area contributed by atoms with Crippen LogP contribution in [0.1, 0.15) is 49.3 Å². The molecule has 2 rings (SSSR count). The maximum atomic E-state index is 8.73. The first kappa shape index (κ1) is 14.9. The predicted molar refractivity (Wildman–Crippen MR) is 82.0 cm³/mol. The second kappa shape index (κ2) is 6.75. The van der Waals surface area contributed by atoms with Crippen LogP contribution in [0.4, 0.5) is 0 Å². The van der Waals surface area contributed by atoms with Crippen molar-refractivity contribution in [1.29, 1.82) is 0 Å². The first-order valence-electron chi connectivity index (χ1n) is 7.47. The quantitative estimate of drug-likeness (QED) is 0.384. The molecule has 0 spiro atoms. The summed E-state index contributed by atoms with van der Waals surface area (Å²) in [5.41, 5.74) is 8.94. The molecule has 1 unspecified atom stereocenters. The molecule has 1 fully saturated rings. The van der Waals surface area contributed by atoms with Gasteiger partial charge in [-0.2, -0.15) is 0 Å². The van der Waals surface area contributed by atoms with E-state index in [1.807, 2.05) is 12.1 Å². The Morgan fingerprint density at radius 3 is 2.90 bits per heavy atom. The van der Waals surface area contributed by atoms with Gasteiger partial charge in [0.05, 0.1) is 0 Å². The summed E-state index contributed by atoms with van der Waals surface area (Å²) in [4.78, 5) is 2.59. The van der Waals surface area contributed by atoms with Crippen molar-refractivity contribution in [3.63, 3.8) is 0 Å². The summed E-state index contributed by atoms with van der Waals surface area (Å²) in [6.45, 7) is 6.56. The minimum atomic E-state index is 0.170. The SMILES string of the molecule is CCC1CCCCN1Cc1ccc(/C(N)=N/O)cc1C. The minimum Gasteiger partial charge on any atom is -0.409 e. The van der Waals surface area contributed by atoms with Crippen molar-refractivity contribution >= 4 is 5.84 Å². The van der Waals surface area contributed by atoms with Crippen LogP contribution in [-0.4, -0.2) is 28.5 Å². The summed E-state index contributed by atoms with van der Waals surface area (Å²) in [6.07, 6.45) is 5.20. The number of rotatable bonds is 4. The smallest absolute Gasteiger partial charge is 0.170 e. The van der Waals surface area contributed by atoms with Crippen LogP contribution in [0, 0.1) is 6.92 Å². The van der Waals surface area contributed by atoms with Crippen molar-refractivity contribution in [3.05, 3.63) is 34.9 Å². The summed E-state index contributed by atoms with van der Waals surface area (Å²) in [5, 5.41) is 11.8. The molecule has 0 aromatic heterocycles. The molecule has 4 heteroatoms. The number of hydrogen-bond acceptors (Lipinski definition) is 3. The molecule has 0 bridgehead atoms. The van der Waals surface area contributed by atoms with E-state index in [9.17, 15) is 0 Å². The molecule has 0 aliphatic carbocycles. The Balaban J connectivity index is 2.13. The topological polar surface area (TPSA) is 61.8 Å². The van der Waals surface area contributed by atoms with Gasteiger partial charge in [-0.1, -0.05) is 30.6 Å². The molecule has 1 aromatic rings. The number of nitrogens with zero attached hydrogens (tertiary/aromatic N) is 2. The highest BCUT2D eigenvalue weighted by Crippen LogP contribution is 2.23. The van der Waals surface area contributed by atoms with Crippen molar-refractivity contribution < 1.29 is 5.21 Å². The molecule has 4 nitrogen and oxygen atoms in total. The van der Waals surface area contributed by atoms with Crippen molar-refractivity contribution in [2.45, 2.75) is 52.1 Å². The van der Waals surface area contributed by atoms with Crippen LogP contribution in [0.5, 0.6) is 0 Å². The van der Waals surface area contributed by atoms with E-state index in [1.165, 1.54) is 43.4 Å². The molecule has 3 N–H and O–H groups in total. The number of oxime groups is 1. The number of nitrogens with two attached hydrogens (primary N) is 1. The molecule has 1 atom stereocenters. The van der Waals surface area contributed by atoms with Gasteiger partial charge in [-0.05, 0) is 49.9 Å².